The fraction of sp³-hybridized carbons (Fsp3) is 0.214. The Kier molecular flexibility index (Phi) is 4.11. The third-order valence-corrected chi connectivity index (χ3v) is 7.17. The Morgan fingerprint density at radius 2 is 1.31 bits per heavy atom. The average molecular weight is 420 g/mol. The van der Waals surface area contributed by atoms with Crippen LogP contribution in [0.3, 0.4) is 0 Å². The van der Waals surface area contributed by atoms with E-state index in [0.29, 0.717) is 0 Å². The van der Waals surface area contributed by atoms with E-state index in [1.54, 1.807) is 0 Å². The van der Waals surface area contributed by atoms with Crippen LogP contribution in [0, 0.1) is 0 Å². The van der Waals surface area contributed by atoms with Gasteiger partial charge in [-0.2, -0.15) is 0 Å². The molecule has 1 aliphatic rings. The van der Waals surface area contributed by atoms with Crippen molar-refractivity contribution < 1.29 is 13.7 Å². The maximum absolute atomic E-state index is 6.46. The summed E-state index contributed by atoms with van der Waals surface area (Å²) in [6.07, 6.45) is 1.86. The van der Waals surface area contributed by atoms with Gasteiger partial charge < -0.3 is 13.7 Å². The van der Waals surface area contributed by atoms with E-state index in [2.05, 4.69) is 100 Å². The smallest absolute Gasteiger partial charge is 0.464 e. The first kappa shape index (κ1) is 19.6. The Morgan fingerprint density at radius 3 is 2.06 bits per heavy atom. The molecular weight excluding hydrogens is 395 g/mol. The summed E-state index contributed by atoms with van der Waals surface area (Å²) in [6, 6.07) is 25.6. The Hall–Kier alpha value is -3.08. The highest BCUT2D eigenvalue weighted by atomic mass is 16.7. The molecule has 1 saturated heterocycles. The molecule has 0 spiro atoms. The van der Waals surface area contributed by atoms with Gasteiger partial charge in [0.2, 0.25) is 0 Å². The van der Waals surface area contributed by atoms with Crippen molar-refractivity contribution >= 4 is 45.1 Å². The number of benzene rings is 4. The topological polar surface area (TPSA) is 31.6 Å². The van der Waals surface area contributed by atoms with Gasteiger partial charge in [0.1, 0.15) is 5.58 Å². The van der Waals surface area contributed by atoms with Crippen molar-refractivity contribution in [1.82, 2.24) is 0 Å². The molecule has 4 aromatic carbocycles. The van der Waals surface area contributed by atoms with E-state index in [1.807, 2.05) is 6.26 Å². The van der Waals surface area contributed by atoms with E-state index in [1.165, 1.54) is 10.8 Å². The summed E-state index contributed by atoms with van der Waals surface area (Å²) < 4.78 is 19.2. The van der Waals surface area contributed by atoms with Gasteiger partial charge in [0.05, 0.1) is 17.5 Å². The van der Waals surface area contributed by atoms with E-state index in [4.69, 9.17) is 13.7 Å². The summed E-state index contributed by atoms with van der Waals surface area (Å²) in [5, 5.41) is 5.76. The van der Waals surface area contributed by atoms with Gasteiger partial charge in [-0.15, -0.1) is 0 Å². The molecule has 1 fully saturated rings. The lowest BCUT2D eigenvalue weighted by Crippen LogP contribution is -2.41. The second kappa shape index (κ2) is 6.71. The van der Waals surface area contributed by atoms with Crippen LogP contribution in [-0.4, -0.2) is 18.3 Å². The molecule has 0 aliphatic carbocycles. The predicted octanol–water partition coefficient (Wildman–Crippen LogP) is 6.71. The normalized spacial score (nSPS) is 17.6. The van der Waals surface area contributed by atoms with E-state index < -0.39 is 18.3 Å². The molecule has 0 atom stereocenters. The van der Waals surface area contributed by atoms with Crippen LogP contribution in [0.2, 0.25) is 0 Å². The maximum atomic E-state index is 6.46. The minimum absolute atomic E-state index is 0.422. The lowest BCUT2D eigenvalue weighted by Gasteiger charge is -2.32. The highest BCUT2D eigenvalue weighted by Crippen LogP contribution is 2.39. The molecule has 0 saturated carbocycles. The zero-order chi connectivity index (χ0) is 22.1. The third-order valence-electron chi connectivity index (χ3n) is 7.17. The second-order valence-corrected chi connectivity index (χ2v) is 9.69. The monoisotopic (exact) mass is 420 g/mol. The van der Waals surface area contributed by atoms with Gasteiger partial charge in [0, 0.05) is 16.4 Å². The number of hydrogen-bond acceptors (Lipinski definition) is 3. The van der Waals surface area contributed by atoms with Crippen LogP contribution in [0.15, 0.2) is 83.5 Å². The highest BCUT2D eigenvalue weighted by molar-refractivity contribution is 6.68. The van der Waals surface area contributed by atoms with Gasteiger partial charge >= 0.3 is 7.12 Å². The summed E-state index contributed by atoms with van der Waals surface area (Å²) in [7, 11) is -0.496. The molecule has 32 heavy (non-hydrogen) atoms. The molecule has 3 nitrogen and oxygen atoms in total. The van der Waals surface area contributed by atoms with Crippen molar-refractivity contribution in [2.75, 3.05) is 0 Å². The quantitative estimate of drug-likeness (QED) is 0.298. The van der Waals surface area contributed by atoms with Crippen molar-refractivity contribution in [2.24, 2.45) is 0 Å². The molecule has 0 unspecified atom stereocenters. The van der Waals surface area contributed by atoms with Crippen LogP contribution in [0.25, 0.3) is 43.6 Å². The Morgan fingerprint density at radius 1 is 0.656 bits per heavy atom. The van der Waals surface area contributed by atoms with Crippen LogP contribution in [0.1, 0.15) is 27.7 Å². The lowest BCUT2D eigenvalue weighted by molar-refractivity contribution is 0.00578. The van der Waals surface area contributed by atoms with Crippen LogP contribution in [-0.2, 0) is 9.31 Å². The summed E-state index contributed by atoms with van der Waals surface area (Å²) in [6.45, 7) is 8.33. The standard InChI is InChI=1S/C28H25BO3/c1-27(2)28(3,4)32-29(31-27)25-22-12-8-7-11-20(22)16-23-24(17-30-26(23)25)21-14-13-18-9-5-6-10-19(18)15-21/h5-17H,1-4H3. The largest absolute Gasteiger partial charge is 0.499 e. The van der Waals surface area contributed by atoms with Crippen LogP contribution >= 0.6 is 0 Å². The van der Waals surface area contributed by atoms with Gasteiger partial charge in [-0.1, -0.05) is 60.7 Å². The van der Waals surface area contributed by atoms with Crippen LogP contribution < -0.4 is 5.46 Å². The molecule has 0 bridgehead atoms. The fourth-order valence-electron chi connectivity index (χ4n) is 4.64. The maximum Gasteiger partial charge on any atom is 0.499 e. The first-order valence-electron chi connectivity index (χ1n) is 11.1. The van der Waals surface area contributed by atoms with Crippen molar-refractivity contribution in [3.8, 4) is 11.1 Å². The first-order valence-corrected chi connectivity index (χ1v) is 11.1. The number of fused-ring (bicyclic) bond motifs is 3. The van der Waals surface area contributed by atoms with E-state index in [0.717, 1.165) is 38.3 Å². The number of hydrogen-bond donors (Lipinski definition) is 0. The van der Waals surface area contributed by atoms with Crippen LogP contribution in [0.5, 0.6) is 0 Å². The van der Waals surface area contributed by atoms with Crippen LogP contribution in [0.4, 0.5) is 0 Å². The molecule has 0 N–H and O–H groups in total. The molecule has 5 aromatic rings. The Balaban J connectivity index is 1.60. The average Bonchev–Trinajstić information content (AvgIpc) is 3.28. The molecule has 1 aromatic heterocycles. The Bertz CT molecular complexity index is 1480. The van der Waals surface area contributed by atoms with Crippen molar-refractivity contribution in [2.45, 2.75) is 38.9 Å². The SMILES string of the molecule is CC1(C)OB(c2c3ccccc3cc3c(-c4ccc5ccccc5c4)coc23)OC1(C)C. The van der Waals surface area contributed by atoms with E-state index in [9.17, 15) is 0 Å². The number of rotatable bonds is 2. The summed E-state index contributed by atoms with van der Waals surface area (Å²) in [5.74, 6) is 0. The fourth-order valence-corrected chi connectivity index (χ4v) is 4.64. The lowest BCUT2D eigenvalue weighted by atomic mass is 9.74. The second-order valence-electron chi connectivity index (χ2n) is 9.69. The highest BCUT2D eigenvalue weighted by Gasteiger charge is 2.53. The number of furan rings is 1. The Labute approximate surface area is 188 Å². The summed E-state index contributed by atoms with van der Waals surface area (Å²) >= 11 is 0. The minimum atomic E-state index is -0.496. The molecule has 4 heteroatoms. The predicted molar refractivity (Wildman–Crippen MR) is 132 cm³/mol. The van der Waals surface area contributed by atoms with Gasteiger partial charge in [0.15, 0.2) is 0 Å². The third kappa shape index (κ3) is 2.83. The van der Waals surface area contributed by atoms with Gasteiger partial charge in [-0.25, -0.2) is 0 Å². The molecule has 6 rings (SSSR count). The molecular formula is C28H25BO3. The van der Waals surface area contributed by atoms with E-state index in [-0.39, 0.29) is 0 Å². The van der Waals surface area contributed by atoms with Gasteiger partial charge in [0.25, 0.3) is 0 Å². The molecule has 0 amide bonds. The van der Waals surface area contributed by atoms with E-state index >= 15 is 0 Å². The molecule has 2 heterocycles. The molecule has 158 valence electrons. The minimum Gasteiger partial charge on any atom is -0.464 e. The molecule has 0 radical (unpaired) electrons. The summed E-state index contributed by atoms with van der Waals surface area (Å²) in [4.78, 5) is 0. The molecule has 1 aliphatic heterocycles. The van der Waals surface area contributed by atoms with Gasteiger partial charge in [-0.3, -0.25) is 0 Å². The zero-order valence-corrected chi connectivity index (χ0v) is 18.8. The van der Waals surface area contributed by atoms with Gasteiger partial charge in [-0.05, 0) is 66.9 Å². The zero-order valence-electron chi connectivity index (χ0n) is 18.8. The van der Waals surface area contributed by atoms with Crippen molar-refractivity contribution in [3.05, 3.63) is 79.1 Å². The summed E-state index contributed by atoms with van der Waals surface area (Å²) in [5.41, 5.74) is 3.16. The van der Waals surface area contributed by atoms with Crippen molar-refractivity contribution in [1.29, 1.82) is 0 Å². The first-order chi connectivity index (χ1) is 15.3. The van der Waals surface area contributed by atoms with Crippen molar-refractivity contribution in [3.63, 3.8) is 0 Å².